The molecule has 0 aliphatic carbocycles. The summed E-state index contributed by atoms with van der Waals surface area (Å²) in [7, 11) is -0.195. The van der Waals surface area contributed by atoms with Crippen molar-refractivity contribution in [2.24, 2.45) is 0 Å². The van der Waals surface area contributed by atoms with Crippen molar-refractivity contribution in [2.45, 2.75) is 10.3 Å². The third-order valence-corrected chi connectivity index (χ3v) is 7.20. The largest absolute Gasteiger partial charge is 0.383 e. The van der Waals surface area contributed by atoms with Crippen molar-refractivity contribution < 1.29 is 17.9 Å². The molecule has 0 spiro atoms. The monoisotopic (exact) mass is 385 g/mol. The number of thiophene rings is 1. The molecule has 2 aromatic heterocycles. The predicted octanol–water partition coefficient (Wildman–Crippen LogP) is 0.304. The first-order chi connectivity index (χ1) is 11.9. The molecule has 0 atom stereocenters. The van der Waals surface area contributed by atoms with Crippen LogP contribution in [-0.4, -0.2) is 78.9 Å². The van der Waals surface area contributed by atoms with E-state index >= 15 is 0 Å². The Kier molecular flexibility index (Phi) is 5.18. The van der Waals surface area contributed by atoms with E-state index in [1.807, 2.05) is 0 Å². The number of amides is 1. The van der Waals surface area contributed by atoms with Gasteiger partial charge >= 0.3 is 0 Å². The lowest BCUT2D eigenvalue weighted by molar-refractivity contribution is 0.0738. The number of hydrogen-bond donors (Lipinski definition) is 0. The number of likely N-dealkylation sites (N-methyl/N-ethyl adjacent to an activating group) is 1. The van der Waals surface area contributed by atoms with Crippen molar-refractivity contribution >= 4 is 27.3 Å². The van der Waals surface area contributed by atoms with E-state index in [-0.39, 0.29) is 17.6 Å². The lowest BCUT2D eigenvalue weighted by Crippen LogP contribution is -2.50. The normalized spacial score (nSPS) is 15.9. The van der Waals surface area contributed by atoms with E-state index in [0.717, 1.165) is 0 Å². The van der Waals surface area contributed by atoms with Crippen molar-refractivity contribution in [2.75, 3.05) is 40.4 Å². The minimum Gasteiger partial charge on any atom is -0.383 e. The van der Waals surface area contributed by atoms with Crippen LogP contribution in [0.5, 0.6) is 0 Å². The summed E-state index contributed by atoms with van der Waals surface area (Å²) in [6.45, 7) is 1.53. The fourth-order valence-electron chi connectivity index (χ4n) is 2.40. The average molecular weight is 385 g/mol. The number of aromatic nitrogens is 3. The first-order valence-corrected chi connectivity index (χ1v) is 9.95. The number of ether oxygens (including phenoxy) is 1. The summed E-state index contributed by atoms with van der Waals surface area (Å²) in [6.07, 6.45) is 1.56. The van der Waals surface area contributed by atoms with Crippen LogP contribution in [0.4, 0.5) is 0 Å². The van der Waals surface area contributed by atoms with Crippen LogP contribution < -0.4 is 0 Å². The van der Waals surface area contributed by atoms with Crippen molar-refractivity contribution in [1.82, 2.24) is 24.2 Å². The van der Waals surface area contributed by atoms with Crippen LogP contribution >= 0.6 is 11.3 Å². The summed E-state index contributed by atoms with van der Waals surface area (Å²) in [5.41, 5.74) is 0.234. The fourth-order valence-corrected chi connectivity index (χ4v) is 5.06. The fraction of sp³-hybridized carbons (Fsp3) is 0.500. The van der Waals surface area contributed by atoms with E-state index in [1.54, 1.807) is 42.5 Å². The zero-order chi connectivity index (χ0) is 18.0. The highest BCUT2D eigenvalue weighted by molar-refractivity contribution is 7.91. The molecular formula is C14H19N5O4S2. The van der Waals surface area contributed by atoms with Crippen molar-refractivity contribution in [3.05, 3.63) is 29.4 Å². The number of carbonyl (C=O) groups excluding carboxylic acids is 1. The van der Waals surface area contributed by atoms with Gasteiger partial charge in [0, 0.05) is 33.8 Å². The Labute approximate surface area is 149 Å². The third kappa shape index (κ3) is 3.59. The van der Waals surface area contributed by atoms with Gasteiger partial charge in [-0.2, -0.15) is 4.31 Å². The average Bonchev–Trinajstić information content (AvgIpc) is 3.21. The number of carbonyl (C=O) groups is 1. The Morgan fingerprint density at radius 1 is 1.48 bits per heavy atom. The summed E-state index contributed by atoms with van der Waals surface area (Å²) >= 11 is 1.20. The molecule has 0 saturated carbocycles. The van der Waals surface area contributed by atoms with E-state index in [4.69, 9.17) is 4.74 Å². The molecule has 136 valence electrons. The molecule has 1 aliphatic rings. The maximum absolute atomic E-state index is 12.4. The maximum Gasteiger partial charge on any atom is 0.275 e. The molecule has 1 aliphatic heterocycles. The Balaban J connectivity index is 1.61. The van der Waals surface area contributed by atoms with Gasteiger partial charge in [0.1, 0.15) is 4.21 Å². The minimum absolute atomic E-state index is 0.118. The summed E-state index contributed by atoms with van der Waals surface area (Å²) in [5, 5.41) is 9.61. The van der Waals surface area contributed by atoms with Crippen LogP contribution in [-0.2, 0) is 14.8 Å². The number of hydrogen-bond acceptors (Lipinski definition) is 7. The van der Waals surface area contributed by atoms with Gasteiger partial charge in [0.05, 0.1) is 18.8 Å². The van der Waals surface area contributed by atoms with Gasteiger partial charge in [0.25, 0.3) is 15.9 Å². The molecule has 1 saturated heterocycles. The SMILES string of the molecule is COCCN(C)C(=O)c1cn(C2CN(S(=O)(=O)c3cccs3)C2)nn1. The molecular weight excluding hydrogens is 366 g/mol. The minimum atomic E-state index is -3.43. The van der Waals surface area contributed by atoms with E-state index in [1.165, 1.54) is 20.5 Å². The second-order valence-electron chi connectivity index (χ2n) is 5.71. The van der Waals surface area contributed by atoms with Crippen molar-refractivity contribution in [1.29, 1.82) is 0 Å². The molecule has 1 fully saturated rings. The molecule has 3 rings (SSSR count). The molecule has 0 bridgehead atoms. The summed E-state index contributed by atoms with van der Waals surface area (Å²) in [4.78, 5) is 13.7. The number of methoxy groups -OCH3 is 1. The molecule has 0 radical (unpaired) electrons. The highest BCUT2D eigenvalue weighted by atomic mass is 32.2. The summed E-state index contributed by atoms with van der Waals surface area (Å²) in [5.74, 6) is -0.245. The van der Waals surface area contributed by atoms with Gasteiger partial charge in [-0.3, -0.25) is 4.79 Å². The van der Waals surface area contributed by atoms with Crippen LogP contribution in [0.3, 0.4) is 0 Å². The Morgan fingerprint density at radius 3 is 2.88 bits per heavy atom. The van der Waals surface area contributed by atoms with Crippen LogP contribution in [0, 0.1) is 0 Å². The summed E-state index contributed by atoms with van der Waals surface area (Å²) < 4.78 is 33.0. The number of sulfonamides is 1. The van der Waals surface area contributed by atoms with Crippen LogP contribution in [0.25, 0.3) is 0 Å². The first-order valence-electron chi connectivity index (χ1n) is 7.63. The van der Waals surface area contributed by atoms with Crippen molar-refractivity contribution in [3.8, 4) is 0 Å². The molecule has 0 N–H and O–H groups in total. The molecule has 1 amide bonds. The maximum atomic E-state index is 12.4. The van der Waals surface area contributed by atoms with Crippen molar-refractivity contribution in [3.63, 3.8) is 0 Å². The topological polar surface area (TPSA) is 97.6 Å². The van der Waals surface area contributed by atoms with Gasteiger partial charge in [-0.15, -0.1) is 16.4 Å². The Morgan fingerprint density at radius 2 is 2.24 bits per heavy atom. The zero-order valence-corrected chi connectivity index (χ0v) is 15.5. The van der Waals surface area contributed by atoms with Gasteiger partial charge in [-0.05, 0) is 11.4 Å². The number of rotatable bonds is 7. The molecule has 9 nitrogen and oxygen atoms in total. The number of nitrogens with zero attached hydrogens (tertiary/aromatic N) is 5. The Hall–Kier alpha value is -1.82. The van der Waals surface area contributed by atoms with Gasteiger partial charge in [0.2, 0.25) is 0 Å². The molecule has 11 heteroatoms. The smallest absolute Gasteiger partial charge is 0.275 e. The third-order valence-electron chi connectivity index (χ3n) is 4.00. The first kappa shape index (κ1) is 18.0. The van der Waals surface area contributed by atoms with Gasteiger partial charge < -0.3 is 9.64 Å². The second kappa shape index (κ2) is 7.20. The Bertz CT molecular complexity index is 827. The molecule has 0 aromatic carbocycles. The van der Waals surface area contributed by atoms with E-state index in [0.29, 0.717) is 30.5 Å². The van der Waals surface area contributed by atoms with Gasteiger partial charge in [-0.1, -0.05) is 11.3 Å². The lowest BCUT2D eigenvalue weighted by atomic mass is 10.2. The second-order valence-corrected chi connectivity index (χ2v) is 8.82. The van der Waals surface area contributed by atoms with Crippen LogP contribution in [0.2, 0.25) is 0 Å². The lowest BCUT2D eigenvalue weighted by Gasteiger charge is -2.37. The molecule has 3 heterocycles. The highest BCUT2D eigenvalue weighted by Crippen LogP contribution is 2.29. The summed E-state index contributed by atoms with van der Waals surface area (Å²) in [6, 6.07) is 3.19. The van der Waals surface area contributed by atoms with Crippen LogP contribution in [0.1, 0.15) is 16.5 Å². The molecule has 2 aromatic rings. The van der Waals surface area contributed by atoms with Gasteiger partial charge in [-0.25, -0.2) is 13.1 Å². The molecule has 25 heavy (non-hydrogen) atoms. The highest BCUT2D eigenvalue weighted by Gasteiger charge is 2.39. The quantitative estimate of drug-likeness (QED) is 0.680. The zero-order valence-electron chi connectivity index (χ0n) is 13.9. The van der Waals surface area contributed by atoms with Gasteiger partial charge in [0.15, 0.2) is 5.69 Å². The van der Waals surface area contributed by atoms with E-state index in [9.17, 15) is 13.2 Å². The van der Waals surface area contributed by atoms with E-state index in [2.05, 4.69) is 10.3 Å². The van der Waals surface area contributed by atoms with E-state index < -0.39 is 10.0 Å². The standard InChI is InChI=1S/C14H19N5O4S2/c1-17(5-6-23-2)14(20)12-10-19(16-15-12)11-8-18(9-11)25(21,22)13-4-3-7-24-13/h3-4,7,10-11H,5-6,8-9H2,1-2H3. The predicted molar refractivity (Wildman–Crippen MR) is 91.0 cm³/mol. The molecule has 0 unspecified atom stereocenters. The van der Waals surface area contributed by atoms with Crippen LogP contribution in [0.15, 0.2) is 27.9 Å².